The van der Waals surface area contributed by atoms with Gasteiger partial charge in [-0.3, -0.25) is 0 Å². The first-order valence-corrected chi connectivity index (χ1v) is 4.40. The third-order valence-corrected chi connectivity index (χ3v) is 1.48. The van der Waals surface area contributed by atoms with Crippen LogP contribution in [0.25, 0.3) is 0 Å². The molecule has 1 heterocycles. The summed E-state index contributed by atoms with van der Waals surface area (Å²) in [6, 6.07) is 0. The van der Waals surface area contributed by atoms with Crippen molar-refractivity contribution in [2.24, 2.45) is 0 Å². The highest BCUT2D eigenvalue weighted by Crippen LogP contribution is 2.11. The van der Waals surface area contributed by atoms with Crippen molar-refractivity contribution in [2.75, 3.05) is 6.54 Å². The molecule has 12 heavy (non-hydrogen) atoms. The summed E-state index contributed by atoms with van der Waals surface area (Å²) in [5, 5.41) is 3.22. The fraction of sp³-hybridized carbons (Fsp3) is 0.455. The summed E-state index contributed by atoms with van der Waals surface area (Å²) in [5.74, 6) is 0. The number of hydrogen-bond acceptors (Lipinski definition) is 1. The smallest absolute Gasteiger partial charge is 0.0324 e. The van der Waals surface area contributed by atoms with Crippen LogP contribution in [0.2, 0.25) is 0 Å². The van der Waals surface area contributed by atoms with Gasteiger partial charge in [0, 0.05) is 12.2 Å². The van der Waals surface area contributed by atoms with E-state index in [4.69, 9.17) is 0 Å². The molecule has 0 unspecified atom stereocenters. The summed E-state index contributed by atoms with van der Waals surface area (Å²) in [5.41, 5.74) is 2.66. The third-order valence-electron chi connectivity index (χ3n) is 1.48. The van der Waals surface area contributed by atoms with Crippen molar-refractivity contribution in [2.45, 2.75) is 27.2 Å². The largest absolute Gasteiger partial charge is 0.385 e. The van der Waals surface area contributed by atoms with E-state index < -0.39 is 0 Å². The van der Waals surface area contributed by atoms with E-state index in [0.29, 0.717) is 0 Å². The molecule has 0 aromatic rings. The molecule has 1 N–H and O–H groups in total. The van der Waals surface area contributed by atoms with Crippen molar-refractivity contribution in [1.29, 1.82) is 0 Å². The minimum absolute atomic E-state index is 1.09. The molecular weight excluding hydrogens is 146 g/mol. The van der Waals surface area contributed by atoms with E-state index in [1.54, 1.807) is 0 Å². The van der Waals surface area contributed by atoms with Crippen LogP contribution in [0.3, 0.4) is 0 Å². The standard InChI is InChI=1S/C7H11N.C2H6.C2H4/c1-3-7-6(2)4-5-8-7;2*1-2/h3,8H,1,4-5H2,2H3;1-2H3;1-2H2. The Labute approximate surface area is 76.9 Å². The van der Waals surface area contributed by atoms with Crippen LogP contribution in [0.15, 0.2) is 37.1 Å². The van der Waals surface area contributed by atoms with Crippen molar-refractivity contribution in [1.82, 2.24) is 5.32 Å². The lowest BCUT2D eigenvalue weighted by atomic mass is 10.2. The molecule has 0 atom stereocenters. The Morgan fingerprint density at radius 3 is 2.00 bits per heavy atom. The van der Waals surface area contributed by atoms with Crippen LogP contribution in [-0.2, 0) is 0 Å². The maximum atomic E-state index is 3.67. The van der Waals surface area contributed by atoms with Gasteiger partial charge >= 0.3 is 0 Å². The predicted octanol–water partition coefficient (Wildman–Crippen LogP) is 3.27. The van der Waals surface area contributed by atoms with Crippen LogP contribution in [0.4, 0.5) is 0 Å². The molecule has 70 valence electrons. The van der Waals surface area contributed by atoms with Gasteiger partial charge in [-0.1, -0.05) is 20.4 Å². The molecule has 0 bridgehead atoms. The Morgan fingerprint density at radius 1 is 1.33 bits per heavy atom. The van der Waals surface area contributed by atoms with Crippen LogP contribution in [0.5, 0.6) is 0 Å². The van der Waals surface area contributed by atoms with Gasteiger partial charge in [-0.15, -0.1) is 13.2 Å². The SMILES string of the molecule is C=C.C=CC1=C(C)CCN1.CC. The van der Waals surface area contributed by atoms with Crippen LogP contribution in [0, 0.1) is 0 Å². The average molecular weight is 167 g/mol. The molecule has 0 spiro atoms. The Morgan fingerprint density at radius 2 is 1.83 bits per heavy atom. The van der Waals surface area contributed by atoms with Crippen molar-refractivity contribution in [3.8, 4) is 0 Å². The monoisotopic (exact) mass is 167 g/mol. The molecule has 0 radical (unpaired) electrons. The Bertz CT molecular complexity index is 145. The first-order chi connectivity index (χ1) is 5.84. The van der Waals surface area contributed by atoms with Gasteiger partial charge in [0.25, 0.3) is 0 Å². The molecule has 1 heteroatoms. The predicted molar refractivity (Wildman–Crippen MR) is 58.1 cm³/mol. The molecule has 0 fully saturated rings. The van der Waals surface area contributed by atoms with Crippen molar-refractivity contribution >= 4 is 0 Å². The Kier molecular flexibility index (Phi) is 11.4. The van der Waals surface area contributed by atoms with E-state index in [9.17, 15) is 0 Å². The van der Waals surface area contributed by atoms with Gasteiger partial charge in [0.05, 0.1) is 0 Å². The molecule has 0 amide bonds. The Hall–Kier alpha value is -0.980. The van der Waals surface area contributed by atoms with Gasteiger partial charge < -0.3 is 5.32 Å². The molecule has 0 aromatic carbocycles. The molecule has 1 aliphatic heterocycles. The molecule has 1 rings (SSSR count). The quantitative estimate of drug-likeness (QED) is 0.591. The van der Waals surface area contributed by atoms with E-state index >= 15 is 0 Å². The number of allylic oxidation sites excluding steroid dienone is 1. The number of rotatable bonds is 1. The lowest BCUT2D eigenvalue weighted by Crippen LogP contribution is -2.04. The molecule has 0 aromatic heterocycles. The first kappa shape index (κ1) is 13.6. The van der Waals surface area contributed by atoms with E-state index in [1.807, 2.05) is 19.9 Å². The summed E-state index contributed by atoms with van der Waals surface area (Å²) < 4.78 is 0. The van der Waals surface area contributed by atoms with E-state index in [2.05, 4.69) is 32.0 Å². The normalized spacial score (nSPS) is 13.2. The minimum atomic E-state index is 1.09. The fourth-order valence-electron chi connectivity index (χ4n) is 0.917. The van der Waals surface area contributed by atoms with Gasteiger partial charge in [-0.25, -0.2) is 0 Å². The second-order valence-corrected chi connectivity index (χ2v) is 2.07. The molecule has 0 aliphatic carbocycles. The van der Waals surface area contributed by atoms with Crippen LogP contribution >= 0.6 is 0 Å². The average Bonchev–Trinajstić information content (AvgIpc) is 2.58. The minimum Gasteiger partial charge on any atom is -0.385 e. The third kappa shape index (κ3) is 4.78. The van der Waals surface area contributed by atoms with Crippen molar-refractivity contribution < 1.29 is 0 Å². The van der Waals surface area contributed by atoms with Crippen LogP contribution in [0.1, 0.15) is 27.2 Å². The fourth-order valence-corrected chi connectivity index (χ4v) is 0.917. The Balaban J connectivity index is 0. The maximum Gasteiger partial charge on any atom is 0.0324 e. The van der Waals surface area contributed by atoms with E-state index in [1.165, 1.54) is 17.7 Å². The lowest BCUT2D eigenvalue weighted by Gasteiger charge is -1.93. The molecule has 1 aliphatic rings. The zero-order valence-corrected chi connectivity index (χ0v) is 8.61. The zero-order chi connectivity index (χ0) is 9.98. The lowest BCUT2D eigenvalue weighted by molar-refractivity contribution is 0.886. The summed E-state index contributed by atoms with van der Waals surface area (Å²) in [7, 11) is 0. The molecule has 0 saturated carbocycles. The summed E-state index contributed by atoms with van der Waals surface area (Å²) in [4.78, 5) is 0. The summed E-state index contributed by atoms with van der Waals surface area (Å²) >= 11 is 0. The number of hydrogen-bond donors (Lipinski definition) is 1. The highest BCUT2D eigenvalue weighted by atomic mass is 14.9. The highest BCUT2D eigenvalue weighted by molar-refractivity contribution is 5.24. The zero-order valence-electron chi connectivity index (χ0n) is 8.61. The van der Waals surface area contributed by atoms with E-state index in [-0.39, 0.29) is 0 Å². The van der Waals surface area contributed by atoms with Crippen molar-refractivity contribution in [3.05, 3.63) is 37.1 Å². The second-order valence-electron chi connectivity index (χ2n) is 2.07. The second kappa shape index (κ2) is 10.0. The molecular formula is C11H21N. The van der Waals surface area contributed by atoms with Crippen LogP contribution < -0.4 is 5.32 Å². The van der Waals surface area contributed by atoms with E-state index in [0.717, 1.165) is 6.54 Å². The van der Waals surface area contributed by atoms with Crippen molar-refractivity contribution in [3.63, 3.8) is 0 Å². The topological polar surface area (TPSA) is 12.0 Å². The van der Waals surface area contributed by atoms with Gasteiger partial charge in [0.1, 0.15) is 0 Å². The molecule has 1 nitrogen and oxygen atoms in total. The molecule has 0 saturated heterocycles. The maximum absolute atomic E-state index is 3.67. The van der Waals surface area contributed by atoms with Gasteiger partial charge in [-0.2, -0.15) is 0 Å². The number of nitrogens with one attached hydrogen (secondary N) is 1. The van der Waals surface area contributed by atoms with Gasteiger partial charge in [0.15, 0.2) is 0 Å². The van der Waals surface area contributed by atoms with Gasteiger partial charge in [-0.05, 0) is 25.0 Å². The highest BCUT2D eigenvalue weighted by Gasteiger charge is 2.03. The van der Waals surface area contributed by atoms with Crippen LogP contribution in [-0.4, -0.2) is 6.54 Å². The summed E-state index contributed by atoms with van der Waals surface area (Å²) in [6.45, 7) is 16.9. The first-order valence-electron chi connectivity index (χ1n) is 4.40. The van der Waals surface area contributed by atoms with Gasteiger partial charge in [0.2, 0.25) is 0 Å². The summed E-state index contributed by atoms with van der Waals surface area (Å²) in [6.07, 6.45) is 3.06.